The van der Waals surface area contributed by atoms with E-state index >= 15 is 0 Å². The van der Waals surface area contributed by atoms with Gasteiger partial charge in [-0.2, -0.15) is 0 Å². The second-order valence-corrected chi connectivity index (χ2v) is 5.74. The first-order valence-corrected chi connectivity index (χ1v) is 7.68. The molecule has 3 aromatic rings. The average molecular weight is 267 g/mol. The Morgan fingerprint density at radius 3 is 2.68 bits per heavy atom. The summed E-state index contributed by atoms with van der Waals surface area (Å²) in [5, 5.41) is 3.39. The Balaban J connectivity index is 1.95. The zero-order valence-corrected chi connectivity index (χ0v) is 11.9. The molecule has 0 spiro atoms. The standard InChI is InChI=1S/C17H17NS/c1-2-3-4-13-5-7-14(8-6-13)17-15-10-12-19-16(15)9-11-18-17/h5-12H,2-4H2,1H3. The molecule has 0 radical (unpaired) electrons. The lowest BCUT2D eigenvalue weighted by Crippen LogP contribution is -1.87. The summed E-state index contributed by atoms with van der Waals surface area (Å²) in [7, 11) is 0. The minimum absolute atomic E-state index is 1.10. The molecule has 0 N–H and O–H groups in total. The van der Waals surface area contributed by atoms with E-state index < -0.39 is 0 Å². The fourth-order valence-corrected chi connectivity index (χ4v) is 3.12. The smallest absolute Gasteiger partial charge is 0.0788 e. The summed E-state index contributed by atoms with van der Waals surface area (Å²) in [4.78, 5) is 4.55. The topological polar surface area (TPSA) is 12.9 Å². The molecule has 2 aromatic heterocycles. The molecule has 1 aromatic carbocycles. The summed E-state index contributed by atoms with van der Waals surface area (Å²) in [6, 6.07) is 13.1. The number of hydrogen-bond acceptors (Lipinski definition) is 2. The van der Waals surface area contributed by atoms with Crippen molar-refractivity contribution in [3.05, 3.63) is 53.5 Å². The van der Waals surface area contributed by atoms with Gasteiger partial charge in [0.05, 0.1) is 5.69 Å². The molecule has 0 unspecified atom stereocenters. The largest absolute Gasteiger partial charge is 0.256 e. The fourth-order valence-electron chi connectivity index (χ4n) is 2.33. The Morgan fingerprint density at radius 2 is 1.89 bits per heavy atom. The molecule has 3 rings (SSSR count). The molecule has 96 valence electrons. The number of unbranched alkanes of at least 4 members (excludes halogenated alkanes) is 1. The van der Waals surface area contributed by atoms with Gasteiger partial charge < -0.3 is 0 Å². The predicted molar refractivity (Wildman–Crippen MR) is 83.7 cm³/mol. The number of pyridine rings is 1. The van der Waals surface area contributed by atoms with Crippen LogP contribution in [-0.2, 0) is 6.42 Å². The monoisotopic (exact) mass is 267 g/mol. The second-order valence-electron chi connectivity index (χ2n) is 4.79. The van der Waals surface area contributed by atoms with Crippen molar-refractivity contribution < 1.29 is 0 Å². The van der Waals surface area contributed by atoms with Crippen molar-refractivity contribution in [2.24, 2.45) is 0 Å². The van der Waals surface area contributed by atoms with Gasteiger partial charge in [-0.1, -0.05) is 37.6 Å². The molecule has 2 heteroatoms. The number of benzene rings is 1. The second kappa shape index (κ2) is 5.54. The molecule has 0 bridgehead atoms. The fraction of sp³-hybridized carbons (Fsp3) is 0.235. The van der Waals surface area contributed by atoms with Crippen LogP contribution in [0.4, 0.5) is 0 Å². The zero-order valence-electron chi connectivity index (χ0n) is 11.1. The van der Waals surface area contributed by atoms with Crippen molar-refractivity contribution in [3.8, 4) is 11.3 Å². The highest BCUT2D eigenvalue weighted by atomic mass is 32.1. The number of aryl methyl sites for hydroxylation is 1. The van der Waals surface area contributed by atoms with E-state index in [4.69, 9.17) is 0 Å². The van der Waals surface area contributed by atoms with Gasteiger partial charge >= 0.3 is 0 Å². The third-order valence-electron chi connectivity index (χ3n) is 3.43. The van der Waals surface area contributed by atoms with Gasteiger partial charge in [0.25, 0.3) is 0 Å². The third-order valence-corrected chi connectivity index (χ3v) is 4.31. The van der Waals surface area contributed by atoms with E-state index in [-0.39, 0.29) is 0 Å². The van der Waals surface area contributed by atoms with Gasteiger partial charge in [-0.05, 0) is 35.9 Å². The molecule has 19 heavy (non-hydrogen) atoms. The van der Waals surface area contributed by atoms with Crippen LogP contribution >= 0.6 is 11.3 Å². The minimum atomic E-state index is 1.10. The molecular weight excluding hydrogens is 250 g/mol. The number of nitrogens with zero attached hydrogens (tertiary/aromatic N) is 1. The van der Waals surface area contributed by atoms with Gasteiger partial charge in [0.1, 0.15) is 0 Å². The summed E-state index contributed by atoms with van der Waals surface area (Å²) >= 11 is 1.77. The van der Waals surface area contributed by atoms with Crippen LogP contribution in [0.5, 0.6) is 0 Å². The molecule has 0 atom stereocenters. The lowest BCUT2D eigenvalue weighted by atomic mass is 10.0. The summed E-state index contributed by atoms with van der Waals surface area (Å²) < 4.78 is 1.31. The van der Waals surface area contributed by atoms with Crippen LogP contribution in [0.3, 0.4) is 0 Å². The Morgan fingerprint density at radius 1 is 1.05 bits per heavy atom. The minimum Gasteiger partial charge on any atom is -0.256 e. The zero-order chi connectivity index (χ0) is 13.1. The van der Waals surface area contributed by atoms with Gasteiger partial charge in [0, 0.05) is 21.8 Å². The van der Waals surface area contributed by atoms with Crippen LogP contribution in [0.2, 0.25) is 0 Å². The lowest BCUT2D eigenvalue weighted by Gasteiger charge is -2.05. The van der Waals surface area contributed by atoms with E-state index in [9.17, 15) is 0 Å². The molecule has 0 aliphatic heterocycles. The summed E-state index contributed by atoms with van der Waals surface area (Å²) in [5.41, 5.74) is 3.73. The maximum Gasteiger partial charge on any atom is 0.0788 e. The predicted octanol–water partition coefficient (Wildman–Crippen LogP) is 5.31. The van der Waals surface area contributed by atoms with E-state index in [0.29, 0.717) is 0 Å². The van der Waals surface area contributed by atoms with E-state index in [0.717, 1.165) is 5.69 Å². The molecule has 0 fully saturated rings. The first-order valence-electron chi connectivity index (χ1n) is 6.80. The van der Waals surface area contributed by atoms with Crippen molar-refractivity contribution in [3.63, 3.8) is 0 Å². The van der Waals surface area contributed by atoms with Crippen LogP contribution in [0.25, 0.3) is 21.3 Å². The van der Waals surface area contributed by atoms with Gasteiger partial charge in [-0.25, -0.2) is 0 Å². The maximum absolute atomic E-state index is 4.55. The first-order chi connectivity index (χ1) is 9.38. The van der Waals surface area contributed by atoms with Crippen molar-refractivity contribution in [2.75, 3.05) is 0 Å². The quantitative estimate of drug-likeness (QED) is 0.624. The molecule has 0 aliphatic carbocycles. The SMILES string of the molecule is CCCCc1ccc(-c2nccc3sccc23)cc1. The third kappa shape index (κ3) is 2.54. The molecular formula is C17H17NS. The highest BCUT2D eigenvalue weighted by Gasteiger charge is 2.05. The lowest BCUT2D eigenvalue weighted by molar-refractivity contribution is 0.795. The number of fused-ring (bicyclic) bond motifs is 1. The summed E-state index contributed by atoms with van der Waals surface area (Å²) in [6.07, 6.45) is 5.58. The Bertz CT molecular complexity index is 667. The van der Waals surface area contributed by atoms with Gasteiger partial charge in [0.2, 0.25) is 0 Å². The van der Waals surface area contributed by atoms with E-state index in [1.807, 2.05) is 6.20 Å². The Hall–Kier alpha value is -1.67. The average Bonchev–Trinajstić information content (AvgIpc) is 2.94. The highest BCUT2D eigenvalue weighted by molar-refractivity contribution is 7.17. The van der Waals surface area contributed by atoms with Crippen molar-refractivity contribution in [1.82, 2.24) is 4.98 Å². The molecule has 0 saturated heterocycles. The van der Waals surface area contributed by atoms with Crippen molar-refractivity contribution in [1.29, 1.82) is 0 Å². The molecule has 1 nitrogen and oxygen atoms in total. The van der Waals surface area contributed by atoms with Crippen LogP contribution in [-0.4, -0.2) is 4.98 Å². The van der Waals surface area contributed by atoms with Gasteiger partial charge in [-0.3, -0.25) is 4.98 Å². The number of rotatable bonds is 4. The van der Waals surface area contributed by atoms with Crippen molar-refractivity contribution >= 4 is 21.4 Å². The number of aromatic nitrogens is 1. The molecule has 0 saturated carbocycles. The Labute approximate surface area is 117 Å². The normalized spacial score (nSPS) is 11.0. The summed E-state index contributed by atoms with van der Waals surface area (Å²) in [6.45, 7) is 2.23. The van der Waals surface area contributed by atoms with Crippen LogP contribution in [0.15, 0.2) is 48.0 Å². The number of thiophene rings is 1. The molecule has 0 amide bonds. The Kier molecular flexibility index (Phi) is 3.60. The first kappa shape index (κ1) is 12.4. The summed E-state index contributed by atoms with van der Waals surface area (Å²) in [5.74, 6) is 0. The van der Waals surface area contributed by atoms with Crippen LogP contribution in [0, 0.1) is 0 Å². The molecule has 2 heterocycles. The molecule has 0 aliphatic rings. The number of hydrogen-bond donors (Lipinski definition) is 0. The van der Waals surface area contributed by atoms with Crippen LogP contribution < -0.4 is 0 Å². The van der Waals surface area contributed by atoms with E-state index in [1.165, 1.54) is 40.5 Å². The van der Waals surface area contributed by atoms with E-state index in [2.05, 4.69) is 53.7 Å². The van der Waals surface area contributed by atoms with Gasteiger partial charge in [-0.15, -0.1) is 11.3 Å². The maximum atomic E-state index is 4.55. The van der Waals surface area contributed by atoms with Gasteiger partial charge in [0.15, 0.2) is 0 Å². The van der Waals surface area contributed by atoms with Crippen molar-refractivity contribution in [2.45, 2.75) is 26.2 Å². The van der Waals surface area contributed by atoms with E-state index in [1.54, 1.807) is 11.3 Å². The van der Waals surface area contributed by atoms with Crippen LogP contribution in [0.1, 0.15) is 25.3 Å². The highest BCUT2D eigenvalue weighted by Crippen LogP contribution is 2.29.